The molecule has 6 nitrogen and oxygen atoms in total. The quantitative estimate of drug-likeness (QED) is 0.654. The Labute approximate surface area is 189 Å². The van der Waals surface area contributed by atoms with Crippen molar-refractivity contribution in [1.29, 1.82) is 0 Å². The van der Waals surface area contributed by atoms with Crippen molar-refractivity contribution in [2.75, 3.05) is 13.1 Å². The molecular weight excluding hydrogens is 423 g/mol. The summed E-state index contributed by atoms with van der Waals surface area (Å²) < 4.78 is 7.92. The molecule has 1 aliphatic heterocycles. The molecule has 2 aromatic heterocycles. The van der Waals surface area contributed by atoms with E-state index in [1.54, 1.807) is 0 Å². The number of nitrogens with zero attached hydrogens (tertiary/aromatic N) is 3. The van der Waals surface area contributed by atoms with Crippen molar-refractivity contribution in [2.45, 2.75) is 39.5 Å². The van der Waals surface area contributed by atoms with Crippen LogP contribution in [0.4, 0.5) is 0 Å². The second kappa shape index (κ2) is 10.2. The summed E-state index contributed by atoms with van der Waals surface area (Å²) in [4.78, 5) is 19.5. The van der Waals surface area contributed by atoms with Crippen molar-refractivity contribution in [3.8, 4) is 5.75 Å². The fourth-order valence-corrected chi connectivity index (χ4v) is 3.61. The molecule has 1 amide bonds. The van der Waals surface area contributed by atoms with Crippen LogP contribution in [-0.2, 0) is 6.61 Å². The molecular formula is C22H28Cl2N4O2. The topological polar surface area (TPSA) is 58.9 Å². The van der Waals surface area contributed by atoms with Gasteiger partial charge in [0.05, 0.1) is 5.69 Å². The number of amides is 1. The molecule has 0 radical (unpaired) electrons. The third kappa shape index (κ3) is 5.06. The lowest BCUT2D eigenvalue weighted by Gasteiger charge is -2.38. The number of imidazole rings is 1. The van der Waals surface area contributed by atoms with Crippen LogP contribution >= 0.6 is 24.8 Å². The van der Waals surface area contributed by atoms with Gasteiger partial charge in [0, 0.05) is 43.1 Å². The number of ether oxygens (including phenoxy) is 1. The number of aryl methyl sites for hydroxylation is 1. The van der Waals surface area contributed by atoms with E-state index < -0.39 is 0 Å². The monoisotopic (exact) mass is 450 g/mol. The lowest BCUT2D eigenvalue weighted by atomic mass is 10.1. The number of rotatable bonds is 4. The molecule has 0 saturated carbocycles. The van der Waals surface area contributed by atoms with E-state index in [1.165, 1.54) is 5.56 Å². The Morgan fingerprint density at radius 3 is 2.80 bits per heavy atom. The highest BCUT2D eigenvalue weighted by Gasteiger charge is 2.28. The van der Waals surface area contributed by atoms with E-state index in [9.17, 15) is 4.79 Å². The molecule has 8 heteroatoms. The summed E-state index contributed by atoms with van der Waals surface area (Å²) in [5.41, 5.74) is 3.59. The summed E-state index contributed by atoms with van der Waals surface area (Å²) in [5, 5.41) is 3.40. The minimum Gasteiger partial charge on any atom is -0.487 e. The number of benzene rings is 1. The number of hydrogen-bond acceptors (Lipinski definition) is 4. The van der Waals surface area contributed by atoms with Gasteiger partial charge < -0.3 is 19.4 Å². The molecule has 0 aliphatic carbocycles. The SMILES string of the molecule is Cc1ccc2nc(COc3cccc(C(=O)N4CCNC(C)C4C)c3)cn2c1.Cl.Cl. The molecule has 2 unspecified atom stereocenters. The molecule has 1 saturated heterocycles. The van der Waals surface area contributed by atoms with Crippen LogP contribution in [0.2, 0.25) is 0 Å². The standard InChI is InChI=1S/C22H26N4O2.2ClH/c1-15-7-8-21-24-19(13-25(21)12-15)14-28-20-6-4-5-18(11-20)22(27)26-10-9-23-16(2)17(26)3;;/h4-8,11-13,16-17,23H,9-10,14H2,1-3H3;2*1H. The number of aromatic nitrogens is 2. The summed E-state index contributed by atoms with van der Waals surface area (Å²) in [5.74, 6) is 0.726. The molecule has 1 fully saturated rings. The van der Waals surface area contributed by atoms with Crippen LogP contribution in [0.15, 0.2) is 48.8 Å². The van der Waals surface area contributed by atoms with Gasteiger partial charge in [-0.25, -0.2) is 4.98 Å². The smallest absolute Gasteiger partial charge is 0.254 e. The lowest BCUT2D eigenvalue weighted by molar-refractivity contribution is 0.0602. The average molecular weight is 451 g/mol. The number of halogens is 2. The Kier molecular flexibility index (Phi) is 8.12. The minimum absolute atomic E-state index is 0. The van der Waals surface area contributed by atoms with Gasteiger partial charge in [0.15, 0.2) is 0 Å². The first-order valence-corrected chi connectivity index (χ1v) is 9.73. The zero-order chi connectivity index (χ0) is 19.7. The van der Waals surface area contributed by atoms with Crippen LogP contribution in [0.25, 0.3) is 5.65 Å². The van der Waals surface area contributed by atoms with Gasteiger partial charge in [0.25, 0.3) is 5.91 Å². The molecule has 3 heterocycles. The Bertz CT molecular complexity index is 1010. The van der Waals surface area contributed by atoms with Gasteiger partial charge in [-0.3, -0.25) is 4.79 Å². The van der Waals surface area contributed by atoms with E-state index in [4.69, 9.17) is 4.74 Å². The van der Waals surface area contributed by atoms with E-state index >= 15 is 0 Å². The average Bonchev–Trinajstić information content (AvgIpc) is 3.10. The van der Waals surface area contributed by atoms with Crippen molar-refractivity contribution < 1.29 is 9.53 Å². The summed E-state index contributed by atoms with van der Waals surface area (Å²) in [6.07, 6.45) is 4.02. The zero-order valence-electron chi connectivity index (χ0n) is 17.4. The van der Waals surface area contributed by atoms with Crippen LogP contribution in [0.5, 0.6) is 5.75 Å². The van der Waals surface area contributed by atoms with Crippen LogP contribution in [0.1, 0.15) is 35.5 Å². The molecule has 0 bridgehead atoms. The third-order valence-corrected chi connectivity index (χ3v) is 5.41. The Hall–Kier alpha value is -2.28. The van der Waals surface area contributed by atoms with Crippen LogP contribution in [0.3, 0.4) is 0 Å². The second-order valence-corrected chi connectivity index (χ2v) is 7.50. The van der Waals surface area contributed by atoms with Crippen LogP contribution < -0.4 is 10.1 Å². The second-order valence-electron chi connectivity index (χ2n) is 7.50. The van der Waals surface area contributed by atoms with Crippen LogP contribution in [0, 0.1) is 6.92 Å². The van der Waals surface area contributed by atoms with Crippen molar-refractivity contribution in [2.24, 2.45) is 0 Å². The number of carbonyl (C=O) groups is 1. The lowest BCUT2D eigenvalue weighted by Crippen LogP contribution is -2.57. The highest BCUT2D eigenvalue weighted by Crippen LogP contribution is 2.19. The normalized spacial score (nSPS) is 18.4. The molecule has 1 aromatic carbocycles. The zero-order valence-corrected chi connectivity index (χ0v) is 19.0. The van der Waals surface area contributed by atoms with Crippen LogP contribution in [-0.4, -0.2) is 45.4 Å². The number of piperazine rings is 1. The Morgan fingerprint density at radius 2 is 2.00 bits per heavy atom. The molecule has 2 atom stereocenters. The fourth-order valence-electron chi connectivity index (χ4n) is 3.61. The van der Waals surface area contributed by atoms with Gasteiger partial charge in [-0.2, -0.15) is 0 Å². The van der Waals surface area contributed by atoms with Gasteiger partial charge >= 0.3 is 0 Å². The van der Waals surface area contributed by atoms with Gasteiger partial charge in [0.2, 0.25) is 0 Å². The van der Waals surface area contributed by atoms with Crippen molar-refractivity contribution in [3.05, 3.63) is 65.6 Å². The van der Waals surface area contributed by atoms with E-state index in [1.807, 2.05) is 58.1 Å². The number of nitrogens with one attached hydrogen (secondary N) is 1. The van der Waals surface area contributed by atoms with Gasteiger partial charge in [0.1, 0.15) is 18.0 Å². The highest BCUT2D eigenvalue weighted by atomic mass is 35.5. The van der Waals surface area contributed by atoms with Crippen molar-refractivity contribution in [1.82, 2.24) is 19.6 Å². The van der Waals surface area contributed by atoms with Crippen molar-refractivity contribution in [3.63, 3.8) is 0 Å². The Balaban J connectivity index is 0.00000160. The minimum atomic E-state index is 0. The molecule has 3 aromatic rings. The first kappa shape index (κ1) is 24.0. The molecule has 4 rings (SSSR count). The van der Waals surface area contributed by atoms with Crippen molar-refractivity contribution >= 4 is 36.4 Å². The van der Waals surface area contributed by atoms with E-state index in [-0.39, 0.29) is 42.8 Å². The molecule has 1 aliphatic rings. The summed E-state index contributed by atoms with van der Waals surface area (Å²) in [7, 11) is 0. The summed E-state index contributed by atoms with van der Waals surface area (Å²) in [6, 6.07) is 11.9. The van der Waals surface area contributed by atoms with Gasteiger partial charge in [-0.15, -0.1) is 24.8 Å². The molecule has 1 N–H and O–H groups in total. The van der Waals surface area contributed by atoms with E-state index in [0.29, 0.717) is 17.9 Å². The maximum Gasteiger partial charge on any atom is 0.254 e. The number of fused-ring (bicyclic) bond motifs is 1. The predicted octanol–water partition coefficient (Wildman–Crippen LogP) is 3.89. The maximum atomic E-state index is 13.0. The summed E-state index contributed by atoms with van der Waals surface area (Å²) in [6.45, 7) is 8.15. The number of pyridine rings is 1. The summed E-state index contributed by atoms with van der Waals surface area (Å²) >= 11 is 0. The van der Waals surface area contributed by atoms with E-state index in [2.05, 4.69) is 31.1 Å². The number of carbonyl (C=O) groups excluding carboxylic acids is 1. The van der Waals surface area contributed by atoms with E-state index in [0.717, 1.165) is 24.4 Å². The number of hydrogen-bond donors (Lipinski definition) is 1. The highest BCUT2D eigenvalue weighted by molar-refractivity contribution is 5.95. The molecule has 30 heavy (non-hydrogen) atoms. The van der Waals surface area contributed by atoms with Gasteiger partial charge in [-0.05, 0) is 50.6 Å². The largest absolute Gasteiger partial charge is 0.487 e. The maximum absolute atomic E-state index is 13.0. The fraction of sp³-hybridized carbons (Fsp3) is 0.364. The first-order chi connectivity index (χ1) is 13.5. The molecule has 162 valence electrons. The predicted molar refractivity (Wildman–Crippen MR) is 123 cm³/mol. The molecule has 0 spiro atoms. The van der Waals surface area contributed by atoms with Gasteiger partial charge in [-0.1, -0.05) is 12.1 Å². The third-order valence-electron chi connectivity index (χ3n) is 5.41. The first-order valence-electron chi connectivity index (χ1n) is 9.73. The Morgan fingerprint density at radius 1 is 1.20 bits per heavy atom.